The van der Waals surface area contributed by atoms with Gasteiger partial charge in [-0.3, -0.25) is 4.98 Å². The summed E-state index contributed by atoms with van der Waals surface area (Å²) < 4.78 is 0. The molecule has 0 bridgehead atoms. The fraction of sp³-hybridized carbons (Fsp3) is 0.667. The third kappa shape index (κ3) is 3.17. The number of aromatic nitrogens is 2. The Hall–Kier alpha value is -1.16. The van der Waals surface area contributed by atoms with E-state index in [0.717, 1.165) is 30.0 Å². The van der Waals surface area contributed by atoms with Crippen molar-refractivity contribution in [1.82, 2.24) is 9.97 Å². The van der Waals surface area contributed by atoms with E-state index in [4.69, 9.17) is 5.73 Å². The summed E-state index contributed by atoms with van der Waals surface area (Å²) in [6.07, 6.45) is 3.73. The third-order valence-electron chi connectivity index (χ3n) is 2.97. The van der Waals surface area contributed by atoms with Crippen LogP contribution < -0.4 is 11.1 Å². The van der Waals surface area contributed by atoms with E-state index in [9.17, 15) is 0 Å². The highest BCUT2D eigenvalue weighted by Crippen LogP contribution is 2.21. The Morgan fingerprint density at radius 1 is 1.44 bits per heavy atom. The van der Waals surface area contributed by atoms with Crippen LogP contribution in [0.1, 0.15) is 38.1 Å². The topological polar surface area (TPSA) is 63.8 Å². The van der Waals surface area contributed by atoms with Crippen LogP contribution in [0.2, 0.25) is 0 Å². The molecule has 0 aromatic carbocycles. The maximum Gasteiger partial charge on any atom is 0.148 e. The molecular formula is C12H22N4. The molecule has 1 atom stereocenters. The smallest absolute Gasteiger partial charge is 0.148 e. The van der Waals surface area contributed by atoms with E-state index in [2.05, 4.69) is 29.1 Å². The molecule has 1 aromatic rings. The van der Waals surface area contributed by atoms with E-state index in [0.29, 0.717) is 6.54 Å². The summed E-state index contributed by atoms with van der Waals surface area (Å²) in [5.74, 6) is 0.873. The van der Waals surface area contributed by atoms with Gasteiger partial charge in [0.25, 0.3) is 0 Å². The van der Waals surface area contributed by atoms with Crippen molar-refractivity contribution in [3.8, 4) is 0 Å². The summed E-state index contributed by atoms with van der Waals surface area (Å²) >= 11 is 0. The van der Waals surface area contributed by atoms with Gasteiger partial charge in [0.1, 0.15) is 5.82 Å². The Morgan fingerprint density at radius 3 is 2.69 bits per heavy atom. The van der Waals surface area contributed by atoms with Gasteiger partial charge < -0.3 is 11.1 Å². The second-order valence-corrected chi connectivity index (χ2v) is 4.52. The monoisotopic (exact) mass is 222 g/mol. The van der Waals surface area contributed by atoms with Crippen LogP contribution in [0.25, 0.3) is 0 Å². The average molecular weight is 222 g/mol. The molecular weight excluding hydrogens is 200 g/mol. The van der Waals surface area contributed by atoms with Gasteiger partial charge in [-0.1, -0.05) is 6.92 Å². The quantitative estimate of drug-likeness (QED) is 0.800. The molecule has 0 radical (unpaired) electrons. The van der Waals surface area contributed by atoms with Crippen LogP contribution in [0.15, 0.2) is 6.20 Å². The van der Waals surface area contributed by atoms with E-state index in [1.54, 1.807) is 6.20 Å². The van der Waals surface area contributed by atoms with Crippen molar-refractivity contribution >= 4 is 5.82 Å². The highest BCUT2D eigenvalue weighted by atomic mass is 15.1. The number of nitrogens with zero attached hydrogens (tertiary/aromatic N) is 2. The standard InChI is InChI=1S/C12H22N4/c1-5-12(4,6-7-13)16-11-10(3)14-8-9(2)15-11/h8H,5-7,13H2,1-4H3,(H,15,16). The zero-order valence-corrected chi connectivity index (χ0v) is 10.7. The molecule has 3 N–H and O–H groups in total. The number of aryl methyl sites for hydroxylation is 2. The lowest BCUT2D eigenvalue weighted by molar-refractivity contribution is 0.461. The van der Waals surface area contributed by atoms with Crippen LogP contribution in [0, 0.1) is 13.8 Å². The van der Waals surface area contributed by atoms with Crippen LogP contribution in [0.4, 0.5) is 5.82 Å². The maximum atomic E-state index is 5.64. The minimum atomic E-state index is 0.00197. The van der Waals surface area contributed by atoms with Crippen molar-refractivity contribution in [2.45, 2.75) is 46.1 Å². The van der Waals surface area contributed by atoms with E-state index >= 15 is 0 Å². The summed E-state index contributed by atoms with van der Waals surface area (Å²) in [7, 11) is 0. The van der Waals surface area contributed by atoms with Gasteiger partial charge in [-0.15, -0.1) is 0 Å². The van der Waals surface area contributed by atoms with E-state index in [1.807, 2.05) is 13.8 Å². The molecule has 0 aliphatic rings. The Morgan fingerprint density at radius 2 is 2.12 bits per heavy atom. The van der Waals surface area contributed by atoms with Crippen molar-refractivity contribution in [3.63, 3.8) is 0 Å². The molecule has 0 amide bonds. The largest absolute Gasteiger partial charge is 0.363 e. The van der Waals surface area contributed by atoms with Gasteiger partial charge in [-0.2, -0.15) is 0 Å². The molecule has 1 aromatic heterocycles. The molecule has 0 fully saturated rings. The second-order valence-electron chi connectivity index (χ2n) is 4.52. The SMILES string of the molecule is CCC(C)(CCN)Nc1nc(C)cnc1C. The summed E-state index contributed by atoms with van der Waals surface area (Å²) in [5, 5.41) is 3.46. The van der Waals surface area contributed by atoms with Crippen molar-refractivity contribution in [3.05, 3.63) is 17.6 Å². The number of rotatable bonds is 5. The summed E-state index contributed by atoms with van der Waals surface area (Å²) in [4.78, 5) is 8.77. The number of nitrogens with two attached hydrogens (primary N) is 1. The van der Waals surface area contributed by atoms with Gasteiger partial charge in [0.2, 0.25) is 0 Å². The van der Waals surface area contributed by atoms with E-state index in [1.165, 1.54) is 0 Å². The first-order valence-electron chi connectivity index (χ1n) is 5.79. The lowest BCUT2D eigenvalue weighted by Gasteiger charge is -2.30. The Bertz CT molecular complexity index is 351. The molecule has 90 valence electrons. The molecule has 0 aliphatic heterocycles. The minimum absolute atomic E-state index is 0.00197. The molecule has 0 aliphatic carbocycles. The fourth-order valence-corrected chi connectivity index (χ4v) is 1.59. The van der Waals surface area contributed by atoms with Crippen molar-refractivity contribution in [2.75, 3.05) is 11.9 Å². The predicted molar refractivity (Wildman–Crippen MR) is 67.5 cm³/mol. The molecule has 0 spiro atoms. The van der Waals surface area contributed by atoms with Crippen LogP contribution >= 0.6 is 0 Å². The van der Waals surface area contributed by atoms with Gasteiger partial charge in [0.05, 0.1) is 11.4 Å². The van der Waals surface area contributed by atoms with Crippen LogP contribution in [0.5, 0.6) is 0 Å². The molecule has 4 nitrogen and oxygen atoms in total. The number of hydrogen-bond donors (Lipinski definition) is 2. The second kappa shape index (κ2) is 5.25. The normalized spacial score (nSPS) is 14.6. The lowest BCUT2D eigenvalue weighted by Crippen LogP contribution is -2.37. The highest BCUT2D eigenvalue weighted by Gasteiger charge is 2.22. The zero-order chi connectivity index (χ0) is 12.2. The summed E-state index contributed by atoms with van der Waals surface area (Å²) in [6, 6.07) is 0. The van der Waals surface area contributed by atoms with Crippen LogP contribution in [-0.2, 0) is 0 Å². The van der Waals surface area contributed by atoms with Gasteiger partial charge in [-0.05, 0) is 40.2 Å². The Kier molecular flexibility index (Phi) is 4.24. The molecule has 1 unspecified atom stereocenters. The van der Waals surface area contributed by atoms with Gasteiger partial charge in [-0.25, -0.2) is 4.98 Å². The van der Waals surface area contributed by atoms with Crippen molar-refractivity contribution in [2.24, 2.45) is 5.73 Å². The lowest BCUT2D eigenvalue weighted by atomic mass is 9.94. The van der Waals surface area contributed by atoms with E-state index < -0.39 is 0 Å². The predicted octanol–water partition coefficient (Wildman–Crippen LogP) is 2.02. The number of nitrogens with one attached hydrogen (secondary N) is 1. The van der Waals surface area contributed by atoms with Crippen molar-refractivity contribution in [1.29, 1.82) is 0 Å². The maximum absolute atomic E-state index is 5.64. The molecule has 0 saturated carbocycles. The highest BCUT2D eigenvalue weighted by molar-refractivity contribution is 5.42. The third-order valence-corrected chi connectivity index (χ3v) is 2.97. The van der Waals surface area contributed by atoms with Gasteiger partial charge in [0.15, 0.2) is 0 Å². The zero-order valence-electron chi connectivity index (χ0n) is 10.7. The van der Waals surface area contributed by atoms with E-state index in [-0.39, 0.29) is 5.54 Å². The summed E-state index contributed by atoms with van der Waals surface area (Å²) in [6.45, 7) is 8.91. The molecule has 16 heavy (non-hydrogen) atoms. The minimum Gasteiger partial charge on any atom is -0.363 e. The first-order valence-corrected chi connectivity index (χ1v) is 5.79. The summed E-state index contributed by atoms with van der Waals surface area (Å²) in [5.41, 5.74) is 7.50. The van der Waals surface area contributed by atoms with Crippen LogP contribution in [0.3, 0.4) is 0 Å². The molecule has 0 saturated heterocycles. The number of anilines is 1. The Balaban J connectivity index is 2.89. The fourth-order valence-electron chi connectivity index (χ4n) is 1.59. The molecule has 1 rings (SSSR count). The average Bonchev–Trinajstić information content (AvgIpc) is 2.24. The van der Waals surface area contributed by atoms with Gasteiger partial charge in [0, 0.05) is 11.7 Å². The van der Waals surface area contributed by atoms with Crippen LogP contribution in [-0.4, -0.2) is 22.1 Å². The molecule has 4 heteroatoms. The van der Waals surface area contributed by atoms with Gasteiger partial charge >= 0.3 is 0 Å². The first kappa shape index (κ1) is 12.9. The number of hydrogen-bond acceptors (Lipinski definition) is 4. The first-order chi connectivity index (χ1) is 7.50. The van der Waals surface area contributed by atoms with Crippen molar-refractivity contribution < 1.29 is 0 Å². The molecule has 1 heterocycles. The Labute approximate surface area is 97.7 Å².